The fourth-order valence-corrected chi connectivity index (χ4v) is 3.36. The van der Waals surface area contributed by atoms with Crippen LogP contribution >= 0.6 is 11.6 Å². The predicted molar refractivity (Wildman–Crippen MR) is 88.3 cm³/mol. The maximum absolute atomic E-state index is 12.1. The number of carbonyl (C=O) groups excluding carboxylic acids is 1. The predicted octanol–water partition coefficient (Wildman–Crippen LogP) is 2.94. The molecule has 2 amide bonds. The number of aromatic amines is 1. The molecule has 1 fully saturated rings. The van der Waals surface area contributed by atoms with E-state index in [9.17, 15) is 4.79 Å². The fraction of sp³-hybridized carbons (Fsp3) is 0.438. The van der Waals surface area contributed by atoms with Crippen LogP contribution in [0.5, 0.6) is 0 Å². The molecule has 1 saturated carbocycles. The lowest BCUT2D eigenvalue weighted by atomic mass is 9.64. The molecule has 23 heavy (non-hydrogen) atoms. The Morgan fingerprint density at radius 3 is 2.83 bits per heavy atom. The molecule has 2 aromatic rings. The zero-order valence-corrected chi connectivity index (χ0v) is 13.7. The second-order valence-electron chi connectivity index (χ2n) is 6.03. The molecule has 3 rings (SSSR count). The van der Waals surface area contributed by atoms with E-state index in [0.29, 0.717) is 12.4 Å². The molecular formula is C16H20ClN5O. The number of amides is 2. The van der Waals surface area contributed by atoms with Gasteiger partial charge in [-0.05, 0) is 31.4 Å². The van der Waals surface area contributed by atoms with Crippen molar-refractivity contribution in [3.8, 4) is 0 Å². The highest BCUT2D eigenvalue weighted by Crippen LogP contribution is 2.45. The van der Waals surface area contributed by atoms with Crippen molar-refractivity contribution in [2.45, 2.75) is 37.6 Å². The largest absolute Gasteiger partial charge is 0.337 e. The van der Waals surface area contributed by atoms with Gasteiger partial charge in [0.1, 0.15) is 12.2 Å². The van der Waals surface area contributed by atoms with Crippen LogP contribution in [0, 0.1) is 0 Å². The van der Waals surface area contributed by atoms with Gasteiger partial charge in [0.05, 0.1) is 6.04 Å². The van der Waals surface area contributed by atoms with Gasteiger partial charge in [0, 0.05) is 17.0 Å². The molecule has 0 bridgehead atoms. The van der Waals surface area contributed by atoms with Crippen molar-refractivity contribution in [2.24, 2.45) is 0 Å². The first-order valence-corrected chi connectivity index (χ1v) is 8.13. The lowest BCUT2D eigenvalue weighted by Gasteiger charge is -2.43. The van der Waals surface area contributed by atoms with Crippen LogP contribution in [0.2, 0.25) is 5.02 Å². The zero-order valence-electron chi connectivity index (χ0n) is 13.0. The van der Waals surface area contributed by atoms with E-state index < -0.39 is 0 Å². The third-order valence-electron chi connectivity index (χ3n) is 4.53. The second-order valence-corrected chi connectivity index (χ2v) is 6.44. The number of hydrogen-bond donors (Lipinski definition) is 3. The van der Waals surface area contributed by atoms with Gasteiger partial charge < -0.3 is 10.6 Å². The Kier molecular flexibility index (Phi) is 4.52. The molecule has 0 spiro atoms. The number of nitrogens with one attached hydrogen (secondary N) is 3. The monoisotopic (exact) mass is 333 g/mol. The van der Waals surface area contributed by atoms with Crippen LogP contribution < -0.4 is 10.6 Å². The number of halogens is 1. The third kappa shape index (κ3) is 3.32. The molecule has 0 radical (unpaired) electrons. The summed E-state index contributed by atoms with van der Waals surface area (Å²) in [5.41, 5.74) is 1.07. The van der Waals surface area contributed by atoms with Gasteiger partial charge in [-0.15, -0.1) is 0 Å². The highest BCUT2D eigenvalue weighted by molar-refractivity contribution is 6.31. The summed E-state index contributed by atoms with van der Waals surface area (Å²) in [6.07, 6.45) is 4.65. The minimum Gasteiger partial charge on any atom is -0.337 e. The number of urea groups is 1. The first-order chi connectivity index (χ1) is 11.1. The topological polar surface area (TPSA) is 82.7 Å². The molecule has 6 nitrogen and oxygen atoms in total. The number of carbonyl (C=O) groups is 1. The van der Waals surface area contributed by atoms with Crippen LogP contribution in [0.4, 0.5) is 4.79 Å². The molecule has 1 heterocycles. The second kappa shape index (κ2) is 6.58. The Bertz CT molecular complexity index is 669. The molecule has 122 valence electrons. The average Bonchev–Trinajstić information content (AvgIpc) is 3.02. The maximum atomic E-state index is 12.1. The van der Waals surface area contributed by atoms with Gasteiger partial charge in [0.15, 0.2) is 0 Å². The van der Waals surface area contributed by atoms with Gasteiger partial charge in [-0.1, -0.05) is 36.2 Å². The van der Waals surface area contributed by atoms with Crippen LogP contribution in [0.3, 0.4) is 0 Å². The Labute approximate surface area is 140 Å². The number of benzene rings is 1. The SMILES string of the molecule is C[C@@H](NC(=O)NCC1(c2ccccc2Cl)CCC1)c1ncn[nH]1. The summed E-state index contributed by atoms with van der Waals surface area (Å²) in [6.45, 7) is 2.43. The molecule has 0 unspecified atom stereocenters. The lowest BCUT2D eigenvalue weighted by Crippen LogP contribution is -2.48. The normalized spacial score (nSPS) is 17.1. The molecule has 1 atom stereocenters. The summed E-state index contributed by atoms with van der Waals surface area (Å²) in [4.78, 5) is 16.2. The summed E-state index contributed by atoms with van der Waals surface area (Å²) in [5.74, 6) is 0.629. The van der Waals surface area contributed by atoms with Gasteiger partial charge >= 0.3 is 6.03 Å². The van der Waals surface area contributed by atoms with Crippen molar-refractivity contribution in [3.63, 3.8) is 0 Å². The first-order valence-electron chi connectivity index (χ1n) is 7.75. The quantitative estimate of drug-likeness (QED) is 0.786. The van der Waals surface area contributed by atoms with E-state index in [4.69, 9.17) is 11.6 Å². The number of rotatable bonds is 5. The van der Waals surface area contributed by atoms with Crippen molar-refractivity contribution in [3.05, 3.63) is 47.0 Å². The van der Waals surface area contributed by atoms with Gasteiger partial charge in [0.25, 0.3) is 0 Å². The first kappa shape index (κ1) is 15.8. The Morgan fingerprint density at radius 1 is 1.43 bits per heavy atom. The van der Waals surface area contributed by atoms with Gasteiger partial charge in [-0.3, -0.25) is 5.10 Å². The highest BCUT2D eigenvalue weighted by Gasteiger charge is 2.40. The van der Waals surface area contributed by atoms with E-state index in [1.165, 1.54) is 6.33 Å². The van der Waals surface area contributed by atoms with E-state index in [1.807, 2.05) is 25.1 Å². The van der Waals surface area contributed by atoms with E-state index >= 15 is 0 Å². The molecule has 1 aliphatic rings. The Balaban J connectivity index is 1.60. The molecule has 3 N–H and O–H groups in total. The molecule has 1 aliphatic carbocycles. The number of aromatic nitrogens is 3. The lowest BCUT2D eigenvalue weighted by molar-refractivity contribution is 0.213. The van der Waals surface area contributed by atoms with Gasteiger partial charge in [0.2, 0.25) is 0 Å². The molecular weight excluding hydrogens is 314 g/mol. The molecule has 0 saturated heterocycles. The van der Waals surface area contributed by atoms with Crippen molar-refractivity contribution < 1.29 is 4.79 Å². The van der Waals surface area contributed by atoms with Crippen LogP contribution in [0.1, 0.15) is 43.6 Å². The standard InChI is InChI=1S/C16H20ClN5O/c1-11(14-19-10-20-22-14)21-15(23)18-9-16(7-4-8-16)12-5-2-3-6-13(12)17/h2-3,5-6,10-11H,4,7-9H2,1H3,(H2,18,21,23)(H,19,20,22)/t11-/m1/s1. The smallest absolute Gasteiger partial charge is 0.315 e. The van der Waals surface area contributed by atoms with Crippen molar-refractivity contribution in [1.29, 1.82) is 0 Å². The maximum Gasteiger partial charge on any atom is 0.315 e. The summed E-state index contributed by atoms with van der Waals surface area (Å²) >= 11 is 6.34. The summed E-state index contributed by atoms with van der Waals surface area (Å²) in [5, 5.41) is 13.1. The molecule has 1 aromatic carbocycles. The fourth-order valence-electron chi connectivity index (χ4n) is 3.03. The molecule has 0 aliphatic heterocycles. The summed E-state index contributed by atoms with van der Waals surface area (Å²) < 4.78 is 0. The highest BCUT2D eigenvalue weighted by atomic mass is 35.5. The van der Waals surface area contributed by atoms with E-state index in [2.05, 4.69) is 31.9 Å². The Hall–Kier alpha value is -2.08. The minimum absolute atomic E-state index is 0.0504. The zero-order chi connectivity index (χ0) is 16.3. The van der Waals surface area contributed by atoms with Crippen LogP contribution in [-0.2, 0) is 5.41 Å². The van der Waals surface area contributed by atoms with Gasteiger partial charge in [-0.2, -0.15) is 5.10 Å². The van der Waals surface area contributed by atoms with E-state index in [1.54, 1.807) is 0 Å². The van der Waals surface area contributed by atoms with Crippen LogP contribution in [0.25, 0.3) is 0 Å². The summed E-state index contributed by atoms with van der Waals surface area (Å²) in [6, 6.07) is 7.44. The molecule has 1 aromatic heterocycles. The number of hydrogen-bond acceptors (Lipinski definition) is 3. The van der Waals surface area contributed by atoms with Crippen molar-refractivity contribution >= 4 is 17.6 Å². The summed E-state index contributed by atoms with van der Waals surface area (Å²) in [7, 11) is 0. The van der Waals surface area contributed by atoms with Gasteiger partial charge in [-0.25, -0.2) is 9.78 Å². The van der Waals surface area contributed by atoms with Crippen molar-refractivity contribution in [2.75, 3.05) is 6.54 Å². The Morgan fingerprint density at radius 2 is 2.22 bits per heavy atom. The van der Waals surface area contributed by atoms with E-state index in [-0.39, 0.29) is 17.5 Å². The van der Waals surface area contributed by atoms with Crippen LogP contribution in [0.15, 0.2) is 30.6 Å². The van der Waals surface area contributed by atoms with Crippen molar-refractivity contribution in [1.82, 2.24) is 25.8 Å². The number of nitrogens with zero attached hydrogens (tertiary/aromatic N) is 2. The van der Waals surface area contributed by atoms with E-state index in [0.717, 1.165) is 29.8 Å². The third-order valence-corrected chi connectivity index (χ3v) is 4.86. The average molecular weight is 334 g/mol. The van der Waals surface area contributed by atoms with Crippen LogP contribution in [-0.4, -0.2) is 27.8 Å². The molecule has 7 heteroatoms. The number of H-pyrrole nitrogens is 1. The minimum atomic E-state index is -0.227.